The number of thiol groups is 1. The second kappa shape index (κ2) is 3.85. The number of rotatable bonds is 1. The van der Waals surface area contributed by atoms with E-state index >= 15 is 0 Å². The summed E-state index contributed by atoms with van der Waals surface area (Å²) < 4.78 is 37.7. The zero-order valence-electron chi connectivity index (χ0n) is 7.89. The molecule has 0 unspecified atom stereocenters. The summed E-state index contributed by atoms with van der Waals surface area (Å²) in [7, 11) is 0. The molecule has 0 amide bonds. The van der Waals surface area contributed by atoms with E-state index in [2.05, 4.69) is 12.6 Å². The molecule has 0 nitrogen and oxygen atoms in total. The van der Waals surface area contributed by atoms with Gasteiger partial charge in [-0.3, -0.25) is 0 Å². The second-order valence-corrected chi connectivity index (χ2v) is 3.94. The van der Waals surface area contributed by atoms with Gasteiger partial charge in [-0.05, 0) is 23.6 Å². The van der Waals surface area contributed by atoms with Crippen LogP contribution in [0, 0.1) is 0 Å². The van der Waals surface area contributed by atoms with Crippen LogP contribution in [0.25, 0.3) is 0 Å². The Hall–Kier alpha value is -0.640. The van der Waals surface area contributed by atoms with Crippen molar-refractivity contribution in [1.82, 2.24) is 0 Å². The Morgan fingerprint density at radius 1 is 1.21 bits per heavy atom. The summed E-state index contributed by atoms with van der Waals surface area (Å²) >= 11 is 3.90. The van der Waals surface area contributed by atoms with E-state index in [0.29, 0.717) is 10.5 Å². The molecule has 78 valence electrons. The smallest absolute Gasteiger partial charge is 0.166 e. The molecule has 0 fully saturated rings. The fourth-order valence-corrected chi connectivity index (χ4v) is 1.50. The van der Waals surface area contributed by atoms with Crippen molar-refractivity contribution in [2.24, 2.45) is 0 Å². The predicted octanol–water partition coefficient (Wildman–Crippen LogP) is 4.12. The van der Waals surface area contributed by atoms with Gasteiger partial charge in [0, 0.05) is 4.90 Å². The zero-order chi connectivity index (χ0) is 10.9. The minimum Gasteiger partial charge on any atom is -0.166 e. The highest BCUT2D eigenvalue weighted by Gasteiger charge is 2.33. The molecule has 0 spiro atoms. The Kier molecular flexibility index (Phi) is 3.14. The lowest BCUT2D eigenvalue weighted by Crippen LogP contribution is -2.10. The minimum atomic E-state index is -4.29. The number of halogens is 3. The average Bonchev–Trinajstić information content (AvgIpc) is 2.01. The molecular formula is C10H11F3S. The van der Waals surface area contributed by atoms with Crippen molar-refractivity contribution in [1.29, 1.82) is 0 Å². The van der Waals surface area contributed by atoms with Gasteiger partial charge in [0.1, 0.15) is 0 Å². The van der Waals surface area contributed by atoms with Crippen LogP contribution in [0.15, 0.2) is 23.1 Å². The van der Waals surface area contributed by atoms with Crippen molar-refractivity contribution in [3.63, 3.8) is 0 Å². The van der Waals surface area contributed by atoms with E-state index in [-0.39, 0.29) is 5.92 Å². The fraction of sp³-hybridized carbons (Fsp3) is 0.400. The Labute approximate surface area is 86.5 Å². The van der Waals surface area contributed by atoms with E-state index in [0.717, 1.165) is 6.07 Å². The molecule has 0 radical (unpaired) electrons. The summed E-state index contributed by atoms with van der Waals surface area (Å²) in [4.78, 5) is 0.335. The predicted molar refractivity (Wildman–Crippen MR) is 52.8 cm³/mol. The van der Waals surface area contributed by atoms with Crippen LogP contribution in [-0.4, -0.2) is 0 Å². The lowest BCUT2D eigenvalue weighted by atomic mass is 9.97. The maximum atomic E-state index is 12.6. The number of hydrogen-bond donors (Lipinski definition) is 1. The third-order valence-electron chi connectivity index (χ3n) is 1.96. The zero-order valence-corrected chi connectivity index (χ0v) is 8.78. The highest BCUT2D eigenvalue weighted by Crippen LogP contribution is 2.36. The molecule has 0 bridgehead atoms. The first-order chi connectivity index (χ1) is 6.32. The summed E-state index contributed by atoms with van der Waals surface area (Å²) in [6, 6.07) is 4.13. The van der Waals surface area contributed by atoms with Gasteiger partial charge in [-0.15, -0.1) is 12.6 Å². The van der Waals surface area contributed by atoms with E-state index in [4.69, 9.17) is 0 Å². The molecule has 0 aliphatic rings. The molecule has 4 heteroatoms. The minimum absolute atomic E-state index is 0.138. The van der Waals surface area contributed by atoms with Crippen molar-refractivity contribution in [2.45, 2.75) is 30.8 Å². The number of alkyl halides is 3. The summed E-state index contributed by atoms with van der Waals surface area (Å²) in [6.45, 7) is 3.48. The number of hydrogen-bond acceptors (Lipinski definition) is 1. The quantitative estimate of drug-likeness (QED) is 0.676. The molecule has 0 aliphatic heterocycles. The standard InChI is InChI=1S/C10H11F3S/c1-6(2)8-4-3-7(14)5-9(8)10(11,12)13/h3-6,14H,1-2H3. The summed E-state index contributed by atoms with van der Waals surface area (Å²) in [5.74, 6) is -0.138. The van der Waals surface area contributed by atoms with Gasteiger partial charge in [-0.2, -0.15) is 13.2 Å². The molecule has 0 atom stereocenters. The van der Waals surface area contributed by atoms with E-state index in [1.165, 1.54) is 6.07 Å². The van der Waals surface area contributed by atoms with Crippen LogP contribution in [0.1, 0.15) is 30.9 Å². The first-order valence-electron chi connectivity index (χ1n) is 4.22. The van der Waals surface area contributed by atoms with Crippen LogP contribution in [0.2, 0.25) is 0 Å². The summed E-state index contributed by atoms with van der Waals surface area (Å²) in [5, 5.41) is 0. The summed E-state index contributed by atoms with van der Waals surface area (Å²) in [6.07, 6.45) is -4.29. The molecule has 0 saturated heterocycles. The van der Waals surface area contributed by atoms with Gasteiger partial charge < -0.3 is 0 Å². The van der Waals surface area contributed by atoms with E-state index in [1.807, 2.05) is 0 Å². The van der Waals surface area contributed by atoms with Crippen LogP contribution in [-0.2, 0) is 6.18 Å². The van der Waals surface area contributed by atoms with Crippen LogP contribution >= 0.6 is 12.6 Å². The molecule has 0 aromatic heterocycles. The third-order valence-corrected chi connectivity index (χ3v) is 2.24. The SMILES string of the molecule is CC(C)c1ccc(S)cc1C(F)(F)F. The van der Waals surface area contributed by atoms with Gasteiger partial charge in [0.15, 0.2) is 0 Å². The van der Waals surface area contributed by atoms with Crippen LogP contribution < -0.4 is 0 Å². The Balaban J connectivity index is 3.30. The monoisotopic (exact) mass is 220 g/mol. The van der Waals surface area contributed by atoms with Crippen molar-refractivity contribution >= 4 is 12.6 Å². The van der Waals surface area contributed by atoms with Gasteiger partial charge in [0.05, 0.1) is 5.56 Å². The molecule has 0 saturated carbocycles. The van der Waals surface area contributed by atoms with Crippen molar-refractivity contribution in [3.05, 3.63) is 29.3 Å². The lowest BCUT2D eigenvalue weighted by Gasteiger charge is -2.15. The van der Waals surface area contributed by atoms with E-state index in [1.54, 1.807) is 19.9 Å². The van der Waals surface area contributed by atoms with Crippen molar-refractivity contribution < 1.29 is 13.2 Å². The molecule has 1 rings (SSSR count). The number of benzene rings is 1. The molecule has 1 aromatic carbocycles. The Morgan fingerprint density at radius 3 is 2.21 bits per heavy atom. The van der Waals surface area contributed by atoms with Crippen LogP contribution in [0.3, 0.4) is 0 Å². The van der Waals surface area contributed by atoms with Gasteiger partial charge >= 0.3 is 6.18 Å². The van der Waals surface area contributed by atoms with Gasteiger partial charge in [0.25, 0.3) is 0 Å². The largest absolute Gasteiger partial charge is 0.416 e. The van der Waals surface area contributed by atoms with Gasteiger partial charge in [0.2, 0.25) is 0 Å². The first kappa shape index (κ1) is 11.4. The molecule has 14 heavy (non-hydrogen) atoms. The van der Waals surface area contributed by atoms with Crippen molar-refractivity contribution in [2.75, 3.05) is 0 Å². The summed E-state index contributed by atoms with van der Waals surface area (Å²) in [5.41, 5.74) is -0.268. The fourth-order valence-electron chi connectivity index (χ4n) is 1.29. The Bertz CT molecular complexity index is 329. The molecule has 0 N–H and O–H groups in total. The maximum absolute atomic E-state index is 12.6. The molecular weight excluding hydrogens is 209 g/mol. The highest BCUT2D eigenvalue weighted by molar-refractivity contribution is 7.80. The first-order valence-corrected chi connectivity index (χ1v) is 4.67. The topological polar surface area (TPSA) is 0 Å². The second-order valence-electron chi connectivity index (χ2n) is 3.42. The average molecular weight is 220 g/mol. The van der Waals surface area contributed by atoms with Crippen LogP contribution in [0.4, 0.5) is 13.2 Å². The highest BCUT2D eigenvalue weighted by atomic mass is 32.1. The van der Waals surface area contributed by atoms with E-state index < -0.39 is 11.7 Å². The maximum Gasteiger partial charge on any atom is 0.416 e. The Morgan fingerprint density at radius 2 is 1.79 bits per heavy atom. The third kappa shape index (κ3) is 2.44. The van der Waals surface area contributed by atoms with Crippen LogP contribution in [0.5, 0.6) is 0 Å². The lowest BCUT2D eigenvalue weighted by molar-refractivity contribution is -0.138. The molecule has 1 aromatic rings. The van der Waals surface area contributed by atoms with E-state index in [9.17, 15) is 13.2 Å². The van der Waals surface area contributed by atoms with Gasteiger partial charge in [-0.25, -0.2) is 0 Å². The van der Waals surface area contributed by atoms with Gasteiger partial charge in [-0.1, -0.05) is 19.9 Å². The molecule has 0 heterocycles. The molecule has 0 aliphatic carbocycles. The normalized spacial score (nSPS) is 12.2. The van der Waals surface area contributed by atoms with Crippen molar-refractivity contribution in [3.8, 4) is 0 Å².